The summed E-state index contributed by atoms with van der Waals surface area (Å²) in [6.45, 7) is 0. The third-order valence-corrected chi connectivity index (χ3v) is 3.98. The molecule has 0 aromatic heterocycles. The van der Waals surface area contributed by atoms with E-state index in [1.165, 1.54) is 13.2 Å². The Hall–Kier alpha value is -2.70. The van der Waals surface area contributed by atoms with E-state index in [9.17, 15) is 14.4 Å². The quantitative estimate of drug-likeness (QED) is 0.573. The molecule has 2 aromatic carbocycles. The van der Waals surface area contributed by atoms with Crippen LogP contribution in [0.1, 0.15) is 28.8 Å². The Kier molecular flexibility index (Phi) is 6.89. The maximum atomic E-state index is 12.7. The topological polar surface area (TPSA) is 98.5 Å². The molecule has 0 bridgehead atoms. The van der Waals surface area contributed by atoms with Crippen molar-refractivity contribution < 1.29 is 19.1 Å². The number of benzene rings is 2. The molecule has 2 rings (SSSR count). The second kappa shape index (κ2) is 9.12. The van der Waals surface area contributed by atoms with E-state index in [0.717, 1.165) is 0 Å². The summed E-state index contributed by atoms with van der Waals surface area (Å²) in [6, 6.07) is 12.3. The number of hydrogen-bond acceptors (Lipinski definition) is 5. The lowest BCUT2D eigenvalue weighted by molar-refractivity contribution is -0.140. The number of esters is 1. The minimum Gasteiger partial charge on any atom is -0.469 e. The van der Waals surface area contributed by atoms with Crippen LogP contribution in [-0.2, 0) is 14.3 Å². The number of carbonyl (C=O) groups is 3. The van der Waals surface area contributed by atoms with Crippen LogP contribution in [-0.4, -0.2) is 30.8 Å². The lowest BCUT2D eigenvalue weighted by Gasteiger charge is -2.14. The van der Waals surface area contributed by atoms with Gasteiger partial charge in [-0.1, -0.05) is 41.9 Å². The van der Waals surface area contributed by atoms with Gasteiger partial charge in [-0.15, -0.1) is 0 Å². The molecule has 0 aliphatic heterocycles. The highest BCUT2D eigenvalue weighted by Gasteiger charge is 2.20. The minimum absolute atomic E-state index is 0.0293. The molecule has 1 unspecified atom stereocenters. The summed E-state index contributed by atoms with van der Waals surface area (Å²) in [4.78, 5) is 36.2. The van der Waals surface area contributed by atoms with Crippen molar-refractivity contribution >= 4 is 34.9 Å². The Morgan fingerprint density at radius 1 is 1.15 bits per heavy atom. The number of methoxy groups -OCH3 is 1. The second-order valence-electron chi connectivity index (χ2n) is 5.60. The molecule has 0 saturated carbocycles. The molecular weight excluding hydrogens is 356 g/mol. The van der Waals surface area contributed by atoms with E-state index in [1.54, 1.807) is 42.5 Å². The van der Waals surface area contributed by atoms with E-state index < -0.39 is 17.9 Å². The fraction of sp³-hybridized carbons (Fsp3) is 0.211. The van der Waals surface area contributed by atoms with Crippen molar-refractivity contribution in [1.82, 2.24) is 0 Å². The van der Waals surface area contributed by atoms with Crippen molar-refractivity contribution in [2.24, 2.45) is 5.73 Å². The number of carbonyl (C=O) groups excluding carboxylic acids is 3. The van der Waals surface area contributed by atoms with Crippen LogP contribution in [0.2, 0.25) is 5.02 Å². The van der Waals surface area contributed by atoms with Crippen LogP contribution >= 0.6 is 11.6 Å². The predicted octanol–water partition coefficient (Wildman–Crippen LogP) is 2.79. The van der Waals surface area contributed by atoms with Gasteiger partial charge in [-0.05, 0) is 24.6 Å². The molecule has 0 heterocycles. The summed E-state index contributed by atoms with van der Waals surface area (Å²) in [5.74, 6) is -1.22. The maximum Gasteiger partial charge on any atom is 0.305 e. The number of ketones is 1. The molecular formula is C19H19ClN2O4. The van der Waals surface area contributed by atoms with Crippen molar-refractivity contribution in [3.05, 3.63) is 64.7 Å². The predicted molar refractivity (Wildman–Crippen MR) is 99.2 cm³/mol. The van der Waals surface area contributed by atoms with Crippen molar-refractivity contribution in [1.29, 1.82) is 0 Å². The lowest BCUT2D eigenvalue weighted by atomic mass is 10.0. The number of anilines is 1. The minimum atomic E-state index is -0.913. The van der Waals surface area contributed by atoms with Crippen LogP contribution in [0.15, 0.2) is 48.5 Å². The van der Waals surface area contributed by atoms with Gasteiger partial charge in [-0.3, -0.25) is 14.4 Å². The van der Waals surface area contributed by atoms with Gasteiger partial charge in [-0.25, -0.2) is 0 Å². The molecule has 26 heavy (non-hydrogen) atoms. The Morgan fingerprint density at radius 2 is 1.85 bits per heavy atom. The third kappa shape index (κ3) is 5.15. The van der Waals surface area contributed by atoms with Crippen LogP contribution in [0, 0.1) is 0 Å². The molecule has 0 spiro atoms. The first kappa shape index (κ1) is 19.6. The van der Waals surface area contributed by atoms with E-state index >= 15 is 0 Å². The summed E-state index contributed by atoms with van der Waals surface area (Å²) in [7, 11) is 1.27. The van der Waals surface area contributed by atoms with Gasteiger partial charge in [0.05, 0.1) is 18.8 Å². The van der Waals surface area contributed by atoms with Gasteiger partial charge < -0.3 is 15.8 Å². The first-order valence-electron chi connectivity index (χ1n) is 7.95. The first-order chi connectivity index (χ1) is 12.4. The Balaban J connectivity index is 2.18. The Bertz CT molecular complexity index is 808. The summed E-state index contributed by atoms with van der Waals surface area (Å²) < 4.78 is 4.53. The number of amides is 1. The van der Waals surface area contributed by atoms with Crippen LogP contribution in [0.3, 0.4) is 0 Å². The van der Waals surface area contributed by atoms with Gasteiger partial charge in [-0.2, -0.15) is 0 Å². The molecule has 0 fully saturated rings. The highest BCUT2D eigenvalue weighted by Crippen LogP contribution is 2.24. The van der Waals surface area contributed by atoms with Gasteiger partial charge in [0.25, 0.3) is 0 Å². The second-order valence-corrected chi connectivity index (χ2v) is 6.03. The third-order valence-electron chi connectivity index (χ3n) is 3.74. The number of hydrogen-bond donors (Lipinski definition) is 2. The number of ether oxygens (including phenoxy) is 1. The zero-order valence-corrected chi connectivity index (χ0v) is 15.0. The summed E-state index contributed by atoms with van der Waals surface area (Å²) in [6.07, 6.45) is 0.162. The largest absolute Gasteiger partial charge is 0.469 e. The van der Waals surface area contributed by atoms with Gasteiger partial charge in [0.15, 0.2) is 5.78 Å². The molecule has 2 aromatic rings. The monoisotopic (exact) mass is 374 g/mol. The lowest BCUT2D eigenvalue weighted by Crippen LogP contribution is -2.36. The Morgan fingerprint density at radius 3 is 2.50 bits per heavy atom. The zero-order chi connectivity index (χ0) is 19.1. The first-order valence-corrected chi connectivity index (χ1v) is 8.32. The number of rotatable bonds is 7. The molecule has 0 radical (unpaired) electrons. The molecule has 136 valence electrons. The highest BCUT2D eigenvalue weighted by molar-refractivity contribution is 6.31. The molecule has 0 aliphatic carbocycles. The molecule has 6 nitrogen and oxygen atoms in total. The van der Waals surface area contributed by atoms with Gasteiger partial charge >= 0.3 is 5.97 Å². The molecule has 0 saturated heterocycles. The average Bonchev–Trinajstić information content (AvgIpc) is 2.67. The molecule has 3 N–H and O–H groups in total. The van der Waals surface area contributed by atoms with Crippen molar-refractivity contribution in [2.75, 3.05) is 12.4 Å². The number of nitrogens with two attached hydrogens (primary N) is 1. The fourth-order valence-electron chi connectivity index (χ4n) is 2.29. The van der Waals surface area contributed by atoms with Crippen molar-refractivity contribution in [3.63, 3.8) is 0 Å². The smallest absolute Gasteiger partial charge is 0.305 e. The summed E-state index contributed by atoms with van der Waals surface area (Å²) >= 11 is 6.01. The maximum absolute atomic E-state index is 12.7. The molecule has 1 amide bonds. The van der Waals surface area contributed by atoms with E-state index in [0.29, 0.717) is 16.3 Å². The van der Waals surface area contributed by atoms with Gasteiger partial charge in [0.2, 0.25) is 5.91 Å². The van der Waals surface area contributed by atoms with E-state index in [2.05, 4.69) is 10.1 Å². The van der Waals surface area contributed by atoms with E-state index in [4.69, 9.17) is 17.3 Å². The molecule has 0 aliphatic rings. The summed E-state index contributed by atoms with van der Waals surface area (Å²) in [5, 5.41) is 3.01. The average molecular weight is 375 g/mol. The Labute approximate surface area is 156 Å². The summed E-state index contributed by atoms with van der Waals surface area (Å²) in [5.41, 5.74) is 6.85. The number of halogens is 1. The van der Waals surface area contributed by atoms with Gasteiger partial charge in [0, 0.05) is 22.6 Å². The van der Waals surface area contributed by atoms with Crippen LogP contribution in [0.4, 0.5) is 5.69 Å². The SMILES string of the molecule is COC(=O)CCC(N)C(=O)Nc1ccc(Cl)cc1C(=O)c1ccccc1. The van der Waals surface area contributed by atoms with Crippen LogP contribution in [0.5, 0.6) is 0 Å². The number of nitrogens with one attached hydrogen (secondary N) is 1. The van der Waals surface area contributed by atoms with E-state index in [-0.39, 0.29) is 24.2 Å². The van der Waals surface area contributed by atoms with Crippen LogP contribution < -0.4 is 11.1 Å². The zero-order valence-electron chi connectivity index (χ0n) is 14.2. The normalized spacial score (nSPS) is 11.5. The van der Waals surface area contributed by atoms with Crippen molar-refractivity contribution in [3.8, 4) is 0 Å². The fourth-order valence-corrected chi connectivity index (χ4v) is 2.46. The molecule has 7 heteroatoms. The van der Waals surface area contributed by atoms with Crippen molar-refractivity contribution in [2.45, 2.75) is 18.9 Å². The molecule has 1 atom stereocenters. The van der Waals surface area contributed by atoms with E-state index in [1.807, 2.05) is 0 Å². The standard InChI is InChI=1S/C19H19ClN2O4/c1-26-17(23)10-8-15(21)19(25)22-16-9-7-13(20)11-14(16)18(24)12-5-3-2-4-6-12/h2-7,9,11,15H,8,10,21H2,1H3,(H,22,25). The van der Waals surface area contributed by atoms with Crippen LogP contribution in [0.25, 0.3) is 0 Å². The highest BCUT2D eigenvalue weighted by atomic mass is 35.5. The van der Waals surface area contributed by atoms with Gasteiger partial charge in [0.1, 0.15) is 0 Å².